The highest BCUT2D eigenvalue weighted by molar-refractivity contribution is 5.77. The number of rotatable bonds is 6. The van der Waals surface area contributed by atoms with Gasteiger partial charge < -0.3 is 10.1 Å². The topological polar surface area (TPSA) is 98.5 Å². The molecule has 7 heteroatoms. The van der Waals surface area contributed by atoms with E-state index in [1.165, 1.54) is 25.2 Å². The van der Waals surface area contributed by atoms with Crippen molar-refractivity contribution in [3.8, 4) is 5.75 Å². The molecule has 1 N–H and O–H groups in total. The number of hydrogen-bond donors (Lipinski definition) is 1. The Morgan fingerprint density at radius 1 is 1.56 bits per heavy atom. The van der Waals surface area contributed by atoms with Crippen LogP contribution in [0.3, 0.4) is 0 Å². The Morgan fingerprint density at radius 2 is 2.28 bits per heavy atom. The number of nitrogens with one attached hydrogen (secondary N) is 1. The number of aldehydes is 1. The van der Waals surface area contributed by atoms with Gasteiger partial charge in [-0.2, -0.15) is 0 Å². The molecule has 0 saturated carbocycles. The molecular weight excluding hydrogens is 240 g/mol. The zero-order chi connectivity index (χ0) is 13.5. The van der Waals surface area contributed by atoms with Gasteiger partial charge in [-0.3, -0.25) is 19.7 Å². The molecule has 0 aliphatic rings. The number of nitro benzene ring substituents is 1. The first kappa shape index (κ1) is 13.6. The molecule has 0 saturated heterocycles. The van der Waals surface area contributed by atoms with E-state index in [4.69, 9.17) is 4.74 Å². The van der Waals surface area contributed by atoms with Crippen molar-refractivity contribution in [1.29, 1.82) is 0 Å². The Labute approximate surface area is 103 Å². The molecule has 1 aromatic carbocycles. The lowest BCUT2D eigenvalue weighted by Crippen LogP contribution is -2.20. The molecule has 1 amide bonds. The average molecular weight is 252 g/mol. The van der Waals surface area contributed by atoms with Gasteiger partial charge in [0.05, 0.1) is 18.0 Å². The maximum Gasteiger partial charge on any atom is 0.310 e. The molecule has 0 fully saturated rings. The molecule has 1 rings (SSSR count). The summed E-state index contributed by atoms with van der Waals surface area (Å²) in [7, 11) is 1.48. The SMILES string of the molecule is CNC(=O)CCOc1cc(C=O)ccc1[N+](=O)[O-]. The summed E-state index contributed by atoms with van der Waals surface area (Å²) in [5.74, 6) is -0.252. The van der Waals surface area contributed by atoms with Crippen molar-refractivity contribution in [1.82, 2.24) is 5.32 Å². The van der Waals surface area contributed by atoms with Gasteiger partial charge in [0.15, 0.2) is 5.75 Å². The number of nitro groups is 1. The summed E-state index contributed by atoms with van der Waals surface area (Å²) < 4.78 is 5.15. The van der Waals surface area contributed by atoms with Gasteiger partial charge in [-0.15, -0.1) is 0 Å². The van der Waals surface area contributed by atoms with Crippen molar-refractivity contribution in [3.05, 3.63) is 33.9 Å². The van der Waals surface area contributed by atoms with Crippen molar-refractivity contribution in [2.45, 2.75) is 6.42 Å². The minimum Gasteiger partial charge on any atom is -0.486 e. The van der Waals surface area contributed by atoms with Crippen molar-refractivity contribution >= 4 is 17.9 Å². The second kappa shape index (κ2) is 6.33. The zero-order valence-electron chi connectivity index (χ0n) is 9.71. The molecule has 0 aliphatic carbocycles. The van der Waals surface area contributed by atoms with Crippen LogP contribution in [0.4, 0.5) is 5.69 Å². The van der Waals surface area contributed by atoms with E-state index in [9.17, 15) is 19.7 Å². The molecular formula is C11H12N2O5. The fraction of sp³-hybridized carbons (Fsp3) is 0.273. The molecule has 1 aromatic rings. The van der Waals surface area contributed by atoms with Gasteiger partial charge in [0.1, 0.15) is 6.29 Å². The number of nitrogens with zero attached hydrogens (tertiary/aromatic N) is 1. The summed E-state index contributed by atoms with van der Waals surface area (Å²) in [6, 6.07) is 3.80. The van der Waals surface area contributed by atoms with Crippen molar-refractivity contribution in [2.24, 2.45) is 0 Å². The van der Waals surface area contributed by atoms with E-state index in [2.05, 4.69) is 5.32 Å². The van der Waals surface area contributed by atoms with Crippen molar-refractivity contribution < 1.29 is 19.2 Å². The maximum atomic E-state index is 11.0. The number of benzene rings is 1. The first-order valence-electron chi connectivity index (χ1n) is 5.15. The van der Waals surface area contributed by atoms with Gasteiger partial charge >= 0.3 is 5.69 Å². The predicted molar refractivity (Wildman–Crippen MR) is 62.7 cm³/mol. The van der Waals surface area contributed by atoms with Crippen molar-refractivity contribution in [2.75, 3.05) is 13.7 Å². The molecule has 0 bridgehead atoms. The van der Waals surface area contributed by atoms with E-state index in [1.54, 1.807) is 0 Å². The molecule has 18 heavy (non-hydrogen) atoms. The summed E-state index contributed by atoms with van der Waals surface area (Å²) >= 11 is 0. The summed E-state index contributed by atoms with van der Waals surface area (Å²) in [6.07, 6.45) is 0.647. The third kappa shape index (κ3) is 3.55. The van der Waals surface area contributed by atoms with E-state index in [0.29, 0.717) is 6.29 Å². The Kier molecular flexibility index (Phi) is 4.79. The maximum absolute atomic E-state index is 11.0. The Bertz CT molecular complexity index is 473. The van der Waals surface area contributed by atoms with E-state index < -0.39 is 4.92 Å². The summed E-state index contributed by atoms with van der Waals surface area (Å²) in [5, 5.41) is 13.1. The summed E-state index contributed by atoms with van der Waals surface area (Å²) in [5.41, 5.74) is 0.0352. The minimum atomic E-state index is -0.607. The Morgan fingerprint density at radius 3 is 2.83 bits per heavy atom. The first-order chi connectivity index (χ1) is 8.58. The van der Waals surface area contributed by atoms with Crippen LogP contribution in [0.1, 0.15) is 16.8 Å². The van der Waals surface area contributed by atoms with Crippen LogP contribution in [-0.4, -0.2) is 30.8 Å². The molecule has 96 valence electrons. The van der Waals surface area contributed by atoms with Crippen LogP contribution in [0.2, 0.25) is 0 Å². The molecule has 0 radical (unpaired) electrons. The van der Waals surface area contributed by atoms with E-state index >= 15 is 0 Å². The summed E-state index contributed by atoms with van der Waals surface area (Å²) in [4.78, 5) is 31.7. The lowest BCUT2D eigenvalue weighted by atomic mass is 10.2. The molecule has 0 aromatic heterocycles. The molecule has 0 heterocycles. The van der Waals surface area contributed by atoms with Crippen LogP contribution in [0, 0.1) is 10.1 Å². The number of carbonyl (C=O) groups excluding carboxylic acids is 2. The largest absolute Gasteiger partial charge is 0.486 e. The lowest BCUT2D eigenvalue weighted by Gasteiger charge is -2.06. The smallest absolute Gasteiger partial charge is 0.310 e. The second-order valence-electron chi connectivity index (χ2n) is 3.37. The zero-order valence-corrected chi connectivity index (χ0v) is 9.71. The predicted octanol–water partition coefficient (Wildman–Crippen LogP) is 0.922. The Balaban J connectivity index is 2.81. The monoisotopic (exact) mass is 252 g/mol. The quantitative estimate of drug-likeness (QED) is 0.461. The number of ether oxygens (including phenoxy) is 1. The van der Waals surface area contributed by atoms with Crippen LogP contribution in [0.25, 0.3) is 0 Å². The van der Waals surface area contributed by atoms with Crippen LogP contribution in [0.15, 0.2) is 18.2 Å². The second-order valence-corrected chi connectivity index (χ2v) is 3.37. The van der Waals surface area contributed by atoms with Gasteiger partial charge in [-0.25, -0.2) is 0 Å². The number of carbonyl (C=O) groups is 2. The third-order valence-corrected chi connectivity index (χ3v) is 2.18. The highest BCUT2D eigenvalue weighted by Gasteiger charge is 2.15. The molecule has 0 aliphatic heterocycles. The van der Waals surface area contributed by atoms with Crippen LogP contribution < -0.4 is 10.1 Å². The summed E-state index contributed by atoms with van der Waals surface area (Å²) in [6.45, 7) is 0.00280. The fourth-order valence-electron chi connectivity index (χ4n) is 1.25. The number of amides is 1. The van der Waals surface area contributed by atoms with Gasteiger partial charge in [0.25, 0.3) is 0 Å². The standard InChI is InChI=1S/C11H12N2O5/c1-12-11(15)4-5-18-10-6-8(7-14)2-3-9(10)13(16)17/h2-3,6-7H,4-5H2,1H3,(H,12,15). The van der Waals surface area contributed by atoms with Gasteiger partial charge in [-0.1, -0.05) is 0 Å². The van der Waals surface area contributed by atoms with Crippen LogP contribution >= 0.6 is 0 Å². The molecule has 0 atom stereocenters. The molecule has 7 nitrogen and oxygen atoms in total. The van der Waals surface area contributed by atoms with Crippen LogP contribution in [0.5, 0.6) is 5.75 Å². The third-order valence-electron chi connectivity index (χ3n) is 2.18. The molecule has 0 unspecified atom stereocenters. The first-order valence-corrected chi connectivity index (χ1v) is 5.15. The van der Waals surface area contributed by atoms with E-state index in [1.807, 2.05) is 0 Å². The van der Waals surface area contributed by atoms with Crippen LogP contribution in [-0.2, 0) is 4.79 Å². The van der Waals surface area contributed by atoms with Gasteiger partial charge in [0.2, 0.25) is 5.91 Å². The highest BCUT2D eigenvalue weighted by Crippen LogP contribution is 2.27. The lowest BCUT2D eigenvalue weighted by molar-refractivity contribution is -0.385. The van der Waals surface area contributed by atoms with Gasteiger partial charge in [0, 0.05) is 18.7 Å². The molecule has 0 spiro atoms. The fourth-order valence-corrected chi connectivity index (χ4v) is 1.25. The highest BCUT2D eigenvalue weighted by atomic mass is 16.6. The van der Waals surface area contributed by atoms with Gasteiger partial charge in [-0.05, 0) is 12.1 Å². The van der Waals surface area contributed by atoms with Crippen molar-refractivity contribution in [3.63, 3.8) is 0 Å². The van der Waals surface area contributed by atoms with E-state index in [-0.39, 0.29) is 35.9 Å². The number of hydrogen-bond acceptors (Lipinski definition) is 5. The minimum absolute atomic E-state index is 0.00280. The Hall–Kier alpha value is -2.44. The average Bonchev–Trinajstić information content (AvgIpc) is 2.37. The normalized spacial score (nSPS) is 9.61. The van der Waals surface area contributed by atoms with E-state index in [0.717, 1.165) is 0 Å².